The number of halogens is 1. The van der Waals surface area contributed by atoms with Crippen LogP contribution in [0.15, 0.2) is 48.5 Å². The van der Waals surface area contributed by atoms with E-state index in [9.17, 15) is 4.79 Å². The Morgan fingerprint density at radius 2 is 1.75 bits per heavy atom. The Hall–Kier alpha value is -2.04. The molecule has 1 amide bonds. The van der Waals surface area contributed by atoms with Gasteiger partial charge in [0.25, 0.3) is 0 Å². The lowest BCUT2D eigenvalue weighted by Gasteiger charge is -2.11. The van der Waals surface area contributed by atoms with Crippen LogP contribution in [-0.2, 0) is 17.8 Å². The van der Waals surface area contributed by atoms with E-state index in [2.05, 4.69) is 5.43 Å². The topological polar surface area (TPSA) is 64.3 Å². The van der Waals surface area contributed by atoms with E-state index >= 15 is 0 Å². The van der Waals surface area contributed by atoms with Gasteiger partial charge in [-0.2, -0.15) is 0 Å². The minimum atomic E-state index is -0.241. The molecule has 20 heavy (non-hydrogen) atoms. The summed E-state index contributed by atoms with van der Waals surface area (Å²) in [6.45, 7) is 0.345. The highest BCUT2D eigenvalue weighted by Gasteiger charge is 2.08. The Morgan fingerprint density at radius 1 is 1.10 bits per heavy atom. The molecule has 0 bridgehead atoms. The molecule has 0 radical (unpaired) electrons. The smallest absolute Gasteiger partial charge is 0.238 e. The summed E-state index contributed by atoms with van der Waals surface area (Å²) in [5.41, 5.74) is 3.93. The summed E-state index contributed by atoms with van der Waals surface area (Å²) in [5.74, 6) is 5.48. The van der Waals surface area contributed by atoms with Gasteiger partial charge in [-0.1, -0.05) is 48.0 Å². The minimum Gasteiger partial charge on any atom is -0.487 e. The van der Waals surface area contributed by atoms with E-state index in [-0.39, 0.29) is 12.3 Å². The van der Waals surface area contributed by atoms with Gasteiger partial charge in [-0.3, -0.25) is 10.2 Å². The van der Waals surface area contributed by atoms with Crippen LogP contribution in [0.25, 0.3) is 0 Å². The summed E-state index contributed by atoms with van der Waals surface area (Å²) in [7, 11) is 0. The van der Waals surface area contributed by atoms with Crippen LogP contribution in [-0.4, -0.2) is 5.91 Å². The third-order valence-corrected chi connectivity index (χ3v) is 3.16. The number of hydrazine groups is 1. The van der Waals surface area contributed by atoms with Gasteiger partial charge in [0.1, 0.15) is 12.4 Å². The molecule has 2 aromatic rings. The summed E-state index contributed by atoms with van der Waals surface area (Å²) < 4.78 is 5.68. The Balaban J connectivity index is 2.10. The number of para-hydroxylation sites is 1. The number of nitrogens with one attached hydrogen (secondary N) is 1. The van der Waals surface area contributed by atoms with Gasteiger partial charge in [-0.15, -0.1) is 0 Å². The number of ether oxygens (including phenoxy) is 1. The second-order valence-corrected chi connectivity index (χ2v) is 4.64. The van der Waals surface area contributed by atoms with Crippen molar-refractivity contribution in [3.8, 4) is 5.75 Å². The summed E-state index contributed by atoms with van der Waals surface area (Å²) in [4.78, 5) is 11.4. The number of carbonyl (C=O) groups is 1. The molecule has 104 valence electrons. The zero-order valence-electron chi connectivity index (χ0n) is 10.8. The standard InChI is InChI=1S/C15H15ClN2O2/c16-13-7-3-4-8-14(13)20-10-12-6-2-1-5-11(12)9-15(19)18-17/h1-8H,9-10,17H2,(H,18,19). The van der Waals surface area contributed by atoms with Crippen LogP contribution in [0.4, 0.5) is 0 Å². The lowest BCUT2D eigenvalue weighted by Crippen LogP contribution is -2.31. The van der Waals surface area contributed by atoms with Crippen molar-refractivity contribution in [3.63, 3.8) is 0 Å². The fraction of sp³-hybridized carbons (Fsp3) is 0.133. The number of amides is 1. The SMILES string of the molecule is NNC(=O)Cc1ccccc1COc1ccccc1Cl. The molecule has 0 saturated heterocycles. The number of rotatable bonds is 5. The van der Waals surface area contributed by atoms with E-state index in [1.54, 1.807) is 12.1 Å². The average molecular weight is 291 g/mol. The van der Waals surface area contributed by atoms with Gasteiger partial charge in [0, 0.05) is 0 Å². The largest absolute Gasteiger partial charge is 0.487 e. The molecule has 0 saturated carbocycles. The van der Waals surface area contributed by atoms with E-state index < -0.39 is 0 Å². The monoisotopic (exact) mass is 290 g/mol. The van der Waals surface area contributed by atoms with E-state index in [1.807, 2.05) is 36.4 Å². The lowest BCUT2D eigenvalue weighted by molar-refractivity contribution is -0.120. The number of hydrogen-bond donors (Lipinski definition) is 2. The Morgan fingerprint density at radius 3 is 2.45 bits per heavy atom. The summed E-state index contributed by atoms with van der Waals surface area (Å²) in [5, 5.41) is 0.560. The van der Waals surface area contributed by atoms with Crippen molar-refractivity contribution in [3.05, 3.63) is 64.7 Å². The maximum atomic E-state index is 11.4. The number of nitrogens with two attached hydrogens (primary N) is 1. The van der Waals surface area contributed by atoms with Crippen molar-refractivity contribution in [2.75, 3.05) is 0 Å². The van der Waals surface area contributed by atoms with Crippen molar-refractivity contribution in [1.29, 1.82) is 0 Å². The van der Waals surface area contributed by atoms with Crippen LogP contribution < -0.4 is 16.0 Å². The second kappa shape index (κ2) is 6.93. The average Bonchev–Trinajstić information content (AvgIpc) is 2.47. The quantitative estimate of drug-likeness (QED) is 0.505. The number of benzene rings is 2. The van der Waals surface area contributed by atoms with Crippen LogP contribution in [0.5, 0.6) is 5.75 Å². The molecule has 0 spiro atoms. The van der Waals surface area contributed by atoms with Gasteiger partial charge in [0.05, 0.1) is 11.4 Å². The number of hydrogen-bond acceptors (Lipinski definition) is 3. The molecule has 2 rings (SSSR count). The zero-order valence-corrected chi connectivity index (χ0v) is 11.6. The van der Waals surface area contributed by atoms with E-state index in [4.69, 9.17) is 22.2 Å². The Bertz CT molecular complexity index is 602. The third kappa shape index (κ3) is 3.73. The van der Waals surface area contributed by atoms with Crippen molar-refractivity contribution >= 4 is 17.5 Å². The van der Waals surface area contributed by atoms with Crippen LogP contribution in [0.2, 0.25) is 5.02 Å². The first kappa shape index (κ1) is 14.4. The zero-order chi connectivity index (χ0) is 14.4. The Labute approximate surface area is 122 Å². The molecule has 3 N–H and O–H groups in total. The fourth-order valence-electron chi connectivity index (χ4n) is 1.81. The molecule has 0 heterocycles. The first-order valence-electron chi connectivity index (χ1n) is 6.14. The van der Waals surface area contributed by atoms with Crippen LogP contribution in [0.1, 0.15) is 11.1 Å². The van der Waals surface area contributed by atoms with Crippen molar-refractivity contribution in [2.24, 2.45) is 5.84 Å². The fourth-order valence-corrected chi connectivity index (χ4v) is 2.00. The Kier molecular flexibility index (Phi) is 4.98. The highest BCUT2D eigenvalue weighted by molar-refractivity contribution is 6.32. The van der Waals surface area contributed by atoms with E-state index in [0.717, 1.165) is 11.1 Å². The molecule has 2 aromatic carbocycles. The third-order valence-electron chi connectivity index (χ3n) is 2.85. The molecule has 0 aliphatic carbocycles. The molecule has 4 nitrogen and oxygen atoms in total. The van der Waals surface area contributed by atoms with Gasteiger partial charge in [-0.25, -0.2) is 5.84 Å². The van der Waals surface area contributed by atoms with Gasteiger partial charge >= 0.3 is 0 Å². The highest BCUT2D eigenvalue weighted by atomic mass is 35.5. The van der Waals surface area contributed by atoms with Crippen LogP contribution >= 0.6 is 11.6 Å². The summed E-state index contributed by atoms with van der Waals surface area (Å²) >= 11 is 6.03. The van der Waals surface area contributed by atoms with E-state index in [1.165, 1.54) is 0 Å². The molecule has 0 unspecified atom stereocenters. The molecule has 0 aromatic heterocycles. The van der Waals surface area contributed by atoms with Gasteiger partial charge in [0.2, 0.25) is 5.91 Å². The maximum absolute atomic E-state index is 11.4. The van der Waals surface area contributed by atoms with Crippen LogP contribution in [0, 0.1) is 0 Å². The first-order chi connectivity index (χ1) is 9.70. The normalized spacial score (nSPS) is 10.1. The minimum absolute atomic E-state index is 0.221. The van der Waals surface area contributed by atoms with E-state index in [0.29, 0.717) is 17.4 Å². The van der Waals surface area contributed by atoms with Crippen molar-refractivity contribution in [1.82, 2.24) is 5.43 Å². The molecule has 0 aliphatic rings. The molecule has 0 atom stereocenters. The summed E-state index contributed by atoms with van der Waals surface area (Å²) in [6.07, 6.45) is 0.221. The second-order valence-electron chi connectivity index (χ2n) is 4.23. The van der Waals surface area contributed by atoms with Crippen molar-refractivity contribution < 1.29 is 9.53 Å². The van der Waals surface area contributed by atoms with Gasteiger partial charge in [-0.05, 0) is 23.3 Å². The highest BCUT2D eigenvalue weighted by Crippen LogP contribution is 2.24. The molecular weight excluding hydrogens is 276 g/mol. The van der Waals surface area contributed by atoms with Gasteiger partial charge in [0.15, 0.2) is 0 Å². The summed E-state index contributed by atoms with van der Waals surface area (Å²) in [6, 6.07) is 14.8. The van der Waals surface area contributed by atoms with Crippen LogP contribution in [0.3, 0.4) is 0 Å². The molecule has 5 heteroatoms. The lowest BCUT2D eigenvalue weighted by atomic mass is 10.1. The predicted octanol–water partition coefficient (Wildman–Crippen LogP) is 2.45. The maximum Gasteiger partial charge on any atom is 0.238 e. The first-order valence-corrected chi connectivity index (χ1v) is 6.52. The predicted molar refractivity (Wildman–Crippen MR) is 78.3 cm³/mol. The molecule has 0 fully saturated rings. The van der Waals surface area contributed by atoms with Crippen molar-refractivity contribution in [2.45, 2.75) is 13.0 Å². The van der Waals surface area contributed by atoms with Gasteiger partial charge < -0.3 is 4.74 Å². The molecular formula is C15H15ClN2O2. The number of carbonyl (C=O) groups excluding carboxylic acids is 1. The molecule has 0 aliphatic heterocycles.